The van der Waals surface area contributed by atoms with Gasteiger partial charge in [-0.2, -0.15) is 0 Å². The molecular weight excluding hydrogens is 607 g/mol. The molecule has 2 N–H and O–H groups in total. The lowest BCUT2D eigenvalue weighted by Gasteiger charge is -2.33. The number of anilines is 1. The van der Waals surface area contributed by atoms with Gasteiger partial charge in [-0.15, -0.1) is 0 Å². The van der Waals surface area contributed by atoms with Gasteiger partial charge in [0.1, 0.15) is 16.9 Å². The van der Waals surface area contributed by atoms with E-state index in [0.29, 0.717) is 49.4 Å². The third-order valence-corrected chi connectivity index (χ3v) is 8.47. The Balaban J connectivity index is 1.25. The van der Waals surface area contributed by atoms with Gasteiger partial charge in [-0.05, 0) is 82.3 Å². The number of piperidine rings is 1. The minimum Gasteiger partial charge on any atom is -0.454 e. The first-order valence-corrected chi connectivity index (χ1v) is 16.8. The molecule has 0 radical (unpaired) electrons. The number of fused-ring (bicyclic) bond motifs is 1. The Morgan fingerprint density at radius 1 is 1.11 bits per heavy atom. The summed E-state index contributed by atoms with van der Waals surface area (Å²) >= 11 is 1.57. The fraction of sp³-hybridized carbons (Fsp3) is 0.429. The number of rotatable bonds is 11. The molecule has 9 nitrogen and oxygen atoms in total. The van der Waals surface area contributed by atoms with Gasteiger partial charge in [-0.25, -0.2) is 9.18 Å². The van der Waals surface area contributed by atoms with Crippen LogP contribution in [-0.2, 0) is 22.9 Å². The first-order chi connectivity index (χ1) is 22.0. The molecule has 0 aliphatic carbocycles. The lowest BCUT2D eigenvalue weighted by molar-refractivity contribution is -0.0117. The van der Waals surface area contributed by atoms with E-state index in [4.69, 9.17) is 14.2 Å². The number of ether oxygens (including phenoxy) is 3. The molecule has 3 heterocycles. The average molecular weight is 651 g/mol. The van der Waals surface area contributed by atoms with Gasteiger partial charge >= 0.3 is 6.09 Å². The highest BCUT2D eigenvalue weighted by Gasteiger charge is 2.27. The van der Waals surface area contributed by atoms with Gasteiger partial charge in [-0.1, -0.05) is 31.0 Å². The highest BCUT2D eigenvalue weighted by molar-refractivity contribution is 8.00. The van der Waals surface area contributed by atoms with Crippen LogP contribution < -0.4 is 15.0 Å². The van der Waals surface area contributed by atoms with Crippen molar-refractivity contribution in [3.05, 3.63) is 76.6 Å². The minimum atomic E-state index is -0.516. The number of halogens is 1. The molecule has 246 valence electrons. The molecule has 1 amide bonds. The maximum Gasteiger partial charge on any atom is 0.410 e. The number of benzene rings is 2. The topological polar surface area (TPSA) is 97.8 Å². The van der Waals surface area contributed by atoms with Gasteiger partial charge in [0.05, 0.1) is 6.10 Å². The van der Waals surface area contributed by atoms with Crippen molar-refractivity contribution in [1.82, 2.24) is 14.5 Å². The molecule has 0 atom stereocenters. The number of amides is 1. The van der Waals surface area contributed by atoms with Crippen LogP contribution in [-0.4, -0.2) is 57.7 Å². The van der Waals surface area contributed by atoms with Crippen molar-refractivity contribution in [1.29, 1.82) is 0 Å². The summed E-state index contributed by atoms with van der Waals surface area (Å²) < 4.78 is 38.5. The van der Waals surface area contributed by atoms with E-state index < -0.39 is 11.4 Å². The Labute approximate surface area is 273 Å². The summed E-state index contributed by atoms with van der Waals surface area (Å²) in [4.78, 5) is 29.8. The zero-order valence-electron chi connectivity index (χ0n) is 27.2. The normalized spacial score (nSPS) is 14.1. The SMILES string of the molecule is CCSNc1ccc(Oc2cccc(CCCOC3CCN(C(=O)OC(C)(C)C)CC3)c2F)c(-c2cn(C)c(=O)c3[nH]ccc23)c1. The number of hydrogen-bond donors (Lipinski definition) is 2. The Kier molecular flexibility index (Phi) is 10.6. The van der Waals surface area contributed by atoms with Crippen LogP contribution in [0, 0.1) is 5.82 Å². The molecule has 5 rings (SSSR count). The molecule has 1 fully saturated rings. The van der Waals surface area contributed by atoms with Crippen molar-refractivity contribution in [3.63, 3.8) is 0 Å². The van der Waals surface area contributed by atoms with E-state index in [0.717, 1.165) is 40.8 Å². The van der Waals surface area contributed by atoms with Crippen molar-refractivity contribution in [2.24, 2.45) is 7.05 Å². The fourth-order valence-corrected chi connectivity index (χ4v) is 5.96. The third-order valence-electron chi connectivity index (χ3n) is 7.80. The van der Waals surface area contributed by atoms with E-state index in [-0.39, 0.29) is 23.5 Å². The lowest BCUT2D eigenvalue weighted by Crippen LogP contribution is -2.43. The van der Waals surface area contributed by atoms with Crippen molar-refractivity contribution in [2.45, 2.75) is 65.1 Å². The number of aryl methyl sites for hydroxylation is 2. The largest absolute Gasteiger partial charge is 0.454 e. The molecule has 11 heteroatoms. The molecule has 4 aromatic rings. The third kappa shape index (κ3) is 8.06. The average Bonchev–Trinajstić information content (AvgIpc) is 3.52. The van der Waals surface area contributed by atoms with Gasteiger partial charge in [0, 0.05) is 67.1 Å². The molecule has 1 saturated heterocycles. The lowest BCUT2D eigenvalue weighted by atomic mass is 10.0. The van der Waals surface area contributed by atoms with E-state index in [1.165, 1.54) is 4.57 Å². The van der Waals surface area contributed by atoms with Crippen molar-refractivity contribution >= 4 is 34.6 Å². The van der Waals surface area contributed by atoms with Crippen LogP contribution in [0.5, 0.6) is 11.5 Å². The number of carbonyl (C=O) groups excluding carboxylic acids is 1. The summed E-state index contributed by atoms with van der Waals surface area (Å²) in [6.07, 6.45) is 5.94. The predicted octanol–water partition coefficient (Wildman–Crippen LogP) is 7.89. The monoisotopic (exact) mass is 650 g/mol. The summed E-state index contributed by atoms with van der Waals surface area (Å²) in [5.74, 6) is 1.08. The van der Waals surface area contributed by atoms with E-state index in [1.54, 1.807) is 54.5 Å². The number of hydrogen-bond acceptors (Lipinski definition) is 7. The molecule has 46 heavy (non-hydrogen) atoms. The highest BCUT2D eigenvalue weighted by Crippen LogP contribution is 2.39. The van der Waals surface area contributed by atoms with E-state index in [1.807, 2.05) is 45.0 Å². The van der Waals surface area contributed by atoms with Crippen LogP contribution in [0.2, 0.25) is 0 Å². The molecule has 1 aliphatic rings. The van der Waals surface area contributed by atoms with E-state index in [9.17, 15) is 9.59 Å². The summed E-state index contributed by atoms with van der Waals surface area (Å²) in [5, 5.41) is 0.762. The van der Waals surface area contributed by atoms with Crippen molar-refractivity contribution in [3.8, 4) is 22.6 Å². The van der Waals surface area contributed by atoms with Crippen LogP contribution in [0.15, 0.2) is 59.7 Å². The smallest absolute Gasteiger partial charge is 0.410 e. The molecule has 1 aliphatic heterocycles. The van der Waals surface area contributed by atoms with Crippen molar-refractivity contribution < 1.29 is 23.4 Å². The molecular formula is C35H43FN4O5S. The number of likely N-dealkylation sites (tertiary alicyclic amines) is 1. The second-order valence-electron chi connectivity index (χ2n) is 12.4. The molecule has 0 spiro atoms. The molecule has 0 bridgehead atoms. The maximum atomic E-state index is 15.8. The summed E-state index contributed by atoms with van der Waals surface area (Å²) in [5.41, 5.74) is 2.80. The number of carbonyl (C=O) groups is 1. The number of aromatic amines is 1. The highest BCUT2D eigenvalue weighted by atomic mass is 32.2. The Morgan fingerprint density at radius 3 is 2.63 bits per heavy atom. The van der Waals surface area contributed by atoms with Crippen LogP contribution in [0.4, 0.5) is 14.9 Å². The first kappa shape index (κ1) is 33.4. The van der Waals surface area contributed by atoms with Gasteiger partial charge in [0.2, 0.25) is 0 Å². The number of aromatic nitrogens is 2. The van der Waals surface area contributed by atoms with Gasteiger partial charge < -0.3 is 33.4 Å². The number of nitrogens with zero attached hydrogens (tertiary/aromatic N) is 2. The Morgan fingerprint density at radius 2 is 1.89 bits per heavy atom. The predicted molar refractivity (Wildman–Crippen MR) is 182 cm³/mol. The number of pyridine rings is 1. The summed E-state index contributed by atoms with van der Waals surface area (Å²) in [6.45, 7) is 9.34. The van der Waals surface area contributed by atoms with E-state index in [2.05, 4.69) is 16.6 Å². The van der Waals surface area contributed by atoms with Gasteiger partial charge in [0.15, 0.2) is 11.6 Å². The number of nitrogens with one attached hydrogen (secondary N) is 2. The van der Waals surface area contributed by atoms with Crippen molar-refractivity contribution in [2.75, 3.05) is 30.2 Å². The first-order valence-electron chi connectivity index (χ1n) is 15.8. The van der Waals surface area contributed by atoms with Gasteiger partial charge in [0.25, 0.3) is 5.56 Å². The summed E-state index contributed by atoms with van der Waals surface area (Å²) in [6, 6.07) is 12.7. The van der Waals surface area contributed by atoms with Gasteiger partial charge in [-0.3, -0.25) is 4.79 Å². The fourth-order valence-electron chi connectivity index (χ4n) is 5.52. The molecule has 2 aromatic heterocycles. The summed E-state index contributed by atoms with van der Waals surface area (Å²) in [7, 11) is 1.71. The Bertz CT molecular complexity index is 1720. The maximum absolute atomic E-state index is 15.8. The van der Waals surface area contributed by atoms with E-state index >= 15 is 4.39 Å². The minimum absolute atomic E-state index is 0.0637. The van der Waals surface area contributed by atoms with Crippen LogP contribution in [0.3, 0.4) is 0 Å². The second kappa shape index (κ2) is 14.6. The van der Waals surface area contributed by atoms with Crippen LogP contribution in [0.1, 0.15) is 52.5 Å². The molecule has 0 saturated carbocycles. The Hall–Kier alpha value is -3.96. The zero-order valence-corrected chi connectivity index (χ0v) is 28.0. The molecule has 0 unspecified atom stereocenters. The van der Waals surface area contributed by atoms with Crippen LogP contribution in [0.25, 0.3) is 22.0 Å². The number of H-pyrrole nitrogens is 1. The van der Waals surface area contributed by atoms with Crippen LogP contribution >= 0.6 is 11.9 Å². The standard InChI is InChI=1S/C35H43FN4O5S/c1-6-46-38-24-12-13-29(27(21-24)28-22-39(5)33(41)32-26(28)14-17-37-32)44-30-11-7-9-23(31(30)36)10-8-20-43-25-15-18-40(19-16-25)34(42)45-35(2,3)4/h7,9,11-14,17,21-22,25,37-38H,6,8,10,15-16,18-20H2,1-5H3. The zero-order chi connectivity index (χ0) is 32.8. The second-order valence-corrected chi connectivity index (χ2v) is 13.5. The molecule has 2 aromatic carbocycles. The quantitative estimate of drug-likeness (QED) is 0.126.